The summed E-state index contributed by atoms with van der Waals surface area (Å²) in [7, 11) is 0. The quantitative estimate of drug-likeness (QED) is 0.516. The average molecular weight is 399 g/mol. The Balaban J connectivity index is 1.31. The minimum absolute atomic E-state index is 0.0994. The maximum Gasteiger partial charge on any atom is 0.266 e. The highest BCUT2D eigenvalue weighted by molar-refractivity contribution is 5.78. The van der Waals surface area contributed by atoms with Crippen LogP contribution in [0.2, 0.25) is 0 Å². The van der Waals surface area contributed by atoms with Crippen LogP contribution in [0.1, 0.15) is 5.56 Å². The van der Waals surface area contributed by atoms with Crippen molar-refractivity contribution in [3.8, 4) is 22.6 Å². The van der Waals surface area contributed by atoms with Crippen LogP contribution in [0, 0.1) is 0 Å². The van der Waals surface area contributed by atoms with Crippen molar-refractivity contribution in [2.24, 2.45) is 0 Å². The number of carbonyl (C=O) groups is 1. The topological polar surface area (TPSA) is 77.1 Å². The second-order valence-electron chi connectivity index (χ2n) is 6.85. The van der Waals surface area contributed by atoms with Gasteiger partial charge >= 0.3 is 0 Å². The number of carbonyl (C=O) groups excluding carboxylic acids is 1. The van der Waals surface area contributed by atoms with Crippen LogP contribution in [0.5, 0.6) is 0 Å². The van der Waals surface area contributed by atoms with Gasteiger partial charge in [0.2, 0.25) is 5.91 Å². The van der Waals surface area contributed by atoms with Crippen LogP contribution < -0.4 is 10.9 Å². The van der Waals surface area contributed by atoms with E-state index in [2.05, 4.69) is 22.5 Å². The van der Waals surface area contributed by atoms with Crippen molar-refractivity contribution in [3.05, 3.63) is 101 Å². The Bertz CT molecular complexity index is 1160. The average Bonchev–Trinajstić information content (AvgIpc) is 3.31. The van der Waals surface area contributed by atoms with Gasteiger partial charge in [-0.3, -0.25) is 9.59 Å². The standard InChI is InChI=1S/C24H21N3O3/c28-23(17-18-8-10-20(11-9-18)19-5-2-1-3-6-19)25-14-15-27-24(29)13-12-21(26-27)22-7-4-16-30-22/h1-13,16H,14-15,17H2,(H,25,28). The van der Waals surface area contributed by atoms with Gasteiger partial charge in [-0.2, -0.15) is 5.10 Å². The minimum atomic E-state index is -0.226. The molecule has 2 aromatic carbocycles. The molecule has 6 heteroatoms. The lowest BCUT2D eigenvalue weighted by Gasteiger charge is -2.08. The summed E-state index contributed by atoms with van der Waals surface area (Å²) in [6.07, 6.45) is 1.84. The summed E-state index contributed by atoms with van der Waals surface area (Å²) in [5.74, 6) is 0.490. The van der Waals surface area contributed by atoms with Gasteiger partial charge in [-0.05, 0) is 34.9 Å². The van der Waals surface area contributed by atoms with Crippen LogP contribution in [0.15, 0.2) is 94.3 Å². The van der Waals surface area contributed by atoms with Crippen LogP contribution in [-0.2, 0) is 17.8 Å². The minimum Gasteiger partial charge on any atom is -0.463 e. The molecule has 0 saturated carbocycles. The summed E-state index contributed by atoms with van der Waals surface area (Å²) in [5, 5.41) is 7.14. The zero-order valence-electron chi connectivity index (χ0n) is 16.3. The molecule has 0 aliphatic rings. The van der Waals surface area contributed by atoms with Gasteiger partial charge < -0.3 is 9.73 Å². The number of rotatable bonds is 7. The van der Waals surface area contributed by atoms with Gasteiger partial charge in [0.15, 0.2) is 5.76 Å². The van der Waals surface area contributed by atoms with Crippen molar-refractivity contribution < 1.29 is 9.21 Å². The third-order valence-electron chi connectivity index (χ3n) is 4.71. The van der Waals surface area contributed by atoms with Crippen molar-refractivity contribution in [1.29, 1.82) is 0 Å². The van der Waals surface area contributed by atoms with E-state index < -0.39 is 0 Å². The maximum absolute atomic E-state index is 12.3. The van der Waals surface area contributed by atoms with Crippen LogP contribution in [0.25, 0.3) is 22.6 Å². The number of aromatic nitrogens is 2. The van der Waals surface area contributed by atoms with Crippen molar-refractivity contribution in [1.82, 2.24) is 15.1 Å². The summed E-state index contributed by atoms with van der Waals surface area (Å²) >= 11 is 0. The van der Waals surface area contributed by atoms with E-state index in [0.717, 1.165) is 16.7 Å². The Labute approximate surface area is 173 Å². The predicted octanol–water partition coefficient (Wildman–Crippen LogP) is 3.53. The molecule has 30 heavy (non-hydrogen) atoms. The summed E-state index contributed by atoms with van der Waals surface area (Å²) in [4.78, 5) is 24.3. The van der Waals surface area contributed by atoms with Gasteiger partial charge in [-0.1, -0.05) is 54.6 Å². The fourth-order valence-electron chi connectivity index (χ4n) is 3.16. The lowest BCUT2D eigenvalue weighted by Crippen LogP contribution is -2.32. The van der Waals surface area contributed by atoms with E-state index in [-0.39, 0.29) is 24.4 Å². The zero-order chi connectivity index (χ0) is 20.8. The van der Waals surface area contributed by atoms with E-state index in [1.165, 1.54) is 10.7 Å². The molecule has 1 N–H and O–H groups in total. The Morgan fingerprint density at radius 3 is 2.40 bits per heavy atom. The molecule has 2 aromatic heterocycles. The van der Waals surface area contributed by atoms with E-state index in [9.17, 15) is 9.59 Å². The van der Waals surface area contributed by atoms with Gasteiger partial charge in [0.1, 0.15) is 5.69 Å². The van der Waals surface area contributed by atoms with E-state index in [1.807, 2.05) is 42.5 Å². The van der Waals surface area contributed by atoms with Gasteiger partial charge in [0.25, 0.3) is 5.56 Å². The highest BCUT2D eigenvalue weighted by atomic mass is 16.3. The van der Waals surface area contributed by atoms with Gasteiger partial charge in [-0.25, -0.2) is 4.68 Å². The third kappa shape index (κ3) is 4.72. The van der Waals surface area contributed by atoms with Crippen molar-refractivity contribution in [2.75, 3.05) is 6.54 Å². The molecule has 0 radical (unpaired) electrons. The normalized spacial score (nSPS) is 10.7. The first-order chi connectivity index (χ1) is 14.7. The summed E-state index contributed by atoms with van der Waals surface area (Å²) in [6, 6.07) is 24.7. The highest BCUT2D eigenvalue weighted by Crippen LogP contribution is 2.19. The van der Waals surface area contributed by atoms with Crippen molar-refractivity contribution in [2.45, 2.75) is 13.0 Å². The first-order valence-electron chi connectivity index (χ1n) is 9.72. The van der Waals surface area contributed by atoms with E-state index in [4.69, 9.17) is 4.42 Å². The largest absolute Gasteiger partial charge is 0.463 e. The molecular weight excluding hydrogens is 378 g/mol. The number of amides is 1. The molecule has 0 atom stereocenters. The lowest BCUT2D eigenvalue weighted by molar-refractivity contribution is -0.120. The van der Waals surface area contributed by atoms with Crippen LogP contribution in [0.4, 0.5) is 0 Å². The number of nitrogens with one attached hydrogen (secondary N) is 1. The summed E-state index contributed by atoms with van der Waals surface area (Å²) < 4.78 is 6.64. The molecule has 0 unspecified atom stereocenters. The van der Waals surface area contributed by atoms with Crippen molar-refractivity contribution >= 4 is 5.91 Å². The molecule has 0 fully saturated rings. The molecule has 1 amide bonds. The number of nitrogens with zero attached hydrogens (tertiary/aromatic N) is 2. The molecule has 0 saturated heterocycles. The van der Waals surface area contributed by atoms with Gasteiger partial charge in [0, 0.05) is 12.6 Å². The SMILES string of the molecule is O=C(Cc1ccc(-c2ccccc2)cc1)NCCn1nc(-c2ccco2)ccc1=O. The summed E-state index contributed by atoms with van der Waals surface area (Å²) in [6.45, 7) is 0.599. The summed E-state index contributed by atoms with van der Waals surface area (Å²) in [5.41, 5.74) is 3.53. The van der Waals surface area contributed by atoms with Gasteiger partial charge in [-0.15, -0.1) is 0 Å². The molecule has 0 aliphatic carbocycles. The Hall–Kier alpha value is -3.93. The first kappa shape index (κ1) is 19.4. The fourth-order valence-corrected chi connectivity index (χ4v) is 3.16. The molecule has 0 bridgehead atoms. The second-order valence-corrected chi connectivity index (χ2v) is 6.85. The molecule has 0 spiro atoms. The predicted molar refractivity (Wildman–Crippen MR) is 115 cm³/mol. The number of hydrogen-bond donors (Lipinski definition) is 1. The first-order valence-corrected chi connectivity index (χ1v) is 9.72. The zero-order valence-corrected chi connectivity index (χ0v) is 16.3. The number of hydrogen-bond acceptors (Lipinski definition) is 4. The lowest BCUT2D eigenvalue weighted by atomic mass is 10.0. The highest BCUT2D eigenvalue weighted by Gasteiger charge is 2.07. The maximum atomic E-state index is 12.3. The van der Waals surface area contributed by atoms with Gasteiger partial charge in [0.05, 0.1) is 19.2 Å². The molecule has 150 valence electrons. The fraction of sp³-hybridized carbons (Fsp3) is 0.125. The Morgan fingerprint density at radius 2 is 1.67 bits per heavy atom. The molecule has 4 rings (SSSR count). The molecule has 0 aliphatic heterocycles. The molecule has 4 aromatic rings. The molecule has 2 heterocycles. The van der Waals surface area contributed by atoms with Crippen LogP contribution >= 0.6 is 0 Å². The monoisotopic (exact) mass is 399 g/mol. The molecule has 6 nitrogen and oxygen atoms in total. The van der Waals surface area contributed by atoms with E-state index in [1.54, 1.807) is 24.5 Å². The van der Waals surface area contributed by atoms with Crippen LogP contribution in [-0.4, -0.2) is 22.2 Å². The number of furan rings is 1. The van der Waals surface area contributed by atoms with Crippen LogP contribution in [0.3, 0.4) is 0 Å². The second kappa shape index (κ2) is 9.05. The van der Waals surface area contributed by atoms with Crippen molar-refractivity contribution in [3.63, 3.8) is 0 Å². The number of benzene rings is 2. The van der Waals surface area contributed by atoms with E-state index >= 15 is 0 Å². The van der Waals surface area contributed by atoms with E-state index in [0.29, 0.717) is 18.0 Å². The smallest absolute Gasteiger partial charge is 0.266 e. The Morgan fingerprint density at radius 1 is 0.900 bits per heavy atom. The molecular formula is C24H21N3O3. The Kier molecular flexibility index (Phi) is 5.85. The third-order valence-corrected chi connectivity index (χ3v) is 4.71.